The highest BCUT2D eigenvalue weighted by Crippen LogP contribution is 2.20. The topological polar surface area (TPSA) is 58.6 Å². The van der Waals surface area contributed by atoms with E-state index in [4.69, 9.17) is 16.3 Å². The summed E-state index contributed by atoms with van der Waals surface area (Å²) in [5.74, 6) is 0.241. The standard InChI is InChI=1S/C24H31ClN2O3/c1-5-6-12-26-24(29)19(4)27(15-20-8-7-9-21(25)14-20)23(28)16-30-22-13-17(2)10-11-18(22)3/h7-11,13-14,19H,5-6,12,15-16H2,1-4H3,(H,26,29)/t19-/m1/s1. The fourth-order valence-corrected chi connectivity index (χ4v) is 3.25. The lowest BCUT2D eigenvalue weighted by molar-refractivity contribution is -0.142. The fourth-order valence-electron chi connectivity index (χ4n) is 3.04. The van der Waals surface area contributed by atoms with Crippen LogP contribution in [0, 0.1) is 13.8 Å². The molecule has 0 aliphatic rings. The van der Waals surface area contributed by atoms with Gasteiger partial charge in [-0.2, -0.15) is 0 Å². The summed E-state index contributed by atoms with van der Waals surface area (Å²) in [5.41, 5.74) is 2.87. The normalized spacial score (nSPS) is 11.6. The Bertz CT molecular complexity index is 869. The fraction of sp³-hybridized carbons (Fsp3) is 0.417. The lowest BCUT2D eigenvalue weighted by Gasteiger charge is -2.29. The molecule has 162 valence electrons. The Labute approximate surface area is 184 Å². The minimum absolute atomic E-state index is 0.141. The highest BCUT2D eigenvalue weighted by atomic mass is 35.5. The first kappa shape index (κ1) is 23.7. The molecule has 0 radical (unpaired) electrons. The van der Waals surface area contributed by atoms with Gasteiger partial charge in [0.05, 0.1) is 0 Å². The van der Waals surface area contributed by atoms with Crippen molar-refractivity contribution < 1.29 is 14.3 Å². The maximum Gasteiger partial charge on any atom is 0.261 e. The Morgan fingerprint density at radius 2 is 1.93 bits per heavy atom. The molecule has 30 heavy (non-hydrogen) atoms. The lowest BCUT2D eigenvalue weighted by Crippen LogP contribution is -2.49. The van der Waals surface area contributed by atoms with E-state index in [1.54, 1.807) is 19.1 Å². The summed E-state index contributed by atoms with van der Waals surface area (Å²) >= 11 is 6.10. The lowest BCUT2D eigenvalue weighted by atomic mass is 10.1. The Morgan fingerprint density at radius 3 is 2.63 bits per heavy atom. The first-order chi connectivity index (χ1) is 14.3. The Kier molecular flexibility index (Phi) is 9.18. The third-order valence-corrected chi connectivity index (χ3v) is 5.17. The summed E-state index contributed by atoms with van der Waals surface area (Å²) < 4.78 is 5.80. The van der Waals surface area contributed by atoms with Crippen LogP contribution in [0.5, 0.6) is 5.75 Å². The second kappa shape index (κ2) is 11.6. The van der Waals surface area contributed by atoms with Crippen LogP contribution in [0.3, 0.4) is 0 Å². The highest BCUT2D eigenvalue weighted by molar-refractivity contribution is 6.30. The number of ether oxygens (including phenoxy) is 1. The van der Waals surface area contributed by atoms with Crippen LogP contribution in [-0.2, 0) is 16.1 Å². The Balaban J connectivity index is 2.15. The molecule has 0 unspecified atom stereocenters. The molecule has 2 aromatic rings. The summed E-state index contributed by atoms with van der Waals surface area (Å²) in [4.78, 5) is 27.2. The van der Waals surface area contributed by atoms with Crippen LogP contribution < -0.4 is 10.1 Å². The Morgan fingerprint density at radius 1 is 1.17 bits per heavy atom. The average molecular weight is 431 g/mol. The SMILES string of the molecule is CCCCNC(=O)[C@@H](C)N(Cc1cccc(Cl)c1)C(=O)COc1cc(C)ccc1C. The molecule has 0 saturated carbocycles. The van der Waals surface area contributed by atoms with Crippen LogP contribution in [0.2, 0.25) is 5.02 Å². The number of amides is 2. The van der Waals surface area contributed by atoms with Crippen LogP contribution in [-0.4, -0.2) is 35.9 Å². The third kappa shape index (κ3) is 7.06. The molecule has 0 aliphatic heterocycles. The van der Waals surface area contributed by atoms with E-state index in [2.05, 4.69) is 12.2 Å². The molecule has 0 spiro atoms. The summed E-state index contributed by atoms with van der Waals surface area (Å²) in [7, 11) is 0. The van der Waals surface area contributed by atoms with Gasteiger partial charge in [-0.1, -0.05) is 49.2 Å². The van der Waals surface area contributed by atoms with Gasteiger partial charge in [-0.3, -0.25) is 9.59 Å². The van der Waals surface area contributed by atoms with Crippen molar-refractivity contribution in [2.45, 2.75) is 53.1 Å². The summed E-state index contributed by atoms with van der Waals surface area (Å²) in [6, 6.07) is 12.5. The minimum atomic E-state index is -0.629. The van der Waals surface area contributed by atoms with Gasteiger partial charge in [0.2, 0.25) is 5.91 Å². The van der Waals surface area contributed by atoms with Crippen molar-refractivity contribution in [2.75, 3.05) is 13.2 Å². The van der Waals surface area contributed by atoms with Crippen molar-refractivity contribution in [3.05, 3.63) is 64.2 Å². The number of carbonyl (C=O) groups excluding carboxylic acids is 2. The van der Waals surface area contributed by atoms with Crippen LogP contribution >= 0.6 is 11.6 Å². The van der Waals surface area contributed by atoms with Crippen molar-refractivity contribution in [2.24, 2.45) is 0 Å². The van der Waals surface area contributed by atoms with E-state index in [1.165, 1.54) is 4.90 Å². The van der Waals surface area contributed by atoms with Crippen LogP contribution in [0.15, 0.2) is 42.5 Å². The number of nitrogens with one attached hydrogen (secondary N) is 1. The first-order valence-corrected chi connectivity index (χ1v) is 10.7. The van der Waals surface area contributed by atoms with E-state index >= 15 is 0 Å². The number of halogens is 1. The number of benzene rings is 2. The van der Waals surface area contributed by atoms with E-state index in [9.17, 15) is 9.59 Å². The van der Waals surface area contributed by atoms with Gasteiger partial charge in [-0.15, -0.1) is 0 Å². The predicted molar refractivity (Wildman–Crippen MR) is 121 cm³/mol. The number of carbonyl (C=O) groups is 2. The second-order valence-corrected chi connectivity index (χ2v) is 7.97. The largest absolute Gasteiger partial charge is 0.483 e. The summed E-state index contributed by atoms with van der Waals surface area (Å²) in [6.45, 7) is 8.44. The second-order valence-electron chi connectivity index (χ2n) is 7.53. The molecule has 0 aliphatic carbocycles. The van der Waals surface area contributed by atoms with Crippen molar-refractivity contribution in [1.82, 2.24) is 10.2 Å². The van der Waals surface area contributed by atoms with Crippen LogP contribution in [0.25, 0.3) is 0 Å². The number of rotatable bonds is 10. The van der Waals surface area contributed by atoms with Crippen molar-refractivity contribution in [3.63, 3.8) is 0 Å². The maximum atomic E-state index is 13.1. The van der Waals surface area contributed by atoms with E-state index in [1.807, 2.05) is 44.2 Å². The van der Waals surface area contributed by atoms with Gasteiger partial charge in [-0.25, -0.2) is 0 Å². The van der Waals surface area contributed by atoms with Gasteiger partial charge in [0.1, 0.15) is 11.8 Å². The van der Waals surface area contributed by atoms with E-state index in [0.717, 1.165) is 29.5 Å². The molecule has 5 nitrogen and oxygen atoms in total. The van der Waals surface area contributed by atoms with Crippen molar-refractivity contribution in [3.8, 4) is 5.75 Å². The molecule has 2 aromatic carbocycles. The molecular weight excluding hydrogens is 400 g/mol. The molecule has 1 atom stereocenters. The van der Waals surface area contributed by atoms with Crippen molar-refractivity contribution in [1.29, 1.82) is 0 Å². The van der Waals surface area contributed by atoms with Crippen LogP contribution in [0.1, 0.15) is 43.4 Å². The Hall–Kier alpha value is -2.53. The summed E-state index contributed by atoms with van der Waals surface area (Å²) in [6.07, 6.45) is 1.89. The summed E-state index contributed by atoms with van der Waals surface area (Å²) in [5, 5.41) is 3.50. The van der Waals surface area contributed by atoms with Crippen LogP contribution in [0.4, 0.5) is 0 Å². The zero-order valence-electron chi connectivity index (χ0n) is 18.2. The van der Waals surface area contributed by atoms with Gasteiger partial charge in [-0.05, 0) is 62.1 Å². The molecule has 0 heterocycles. The van der Waals surface area contributed by atoms with Gasteiger partial charge in [0.15, 0.2) is 6.61 Å². The van der Waals surface area contributed by atoms with E-state index in [0.29, 0.717) is 17.3 Å². The number of aryl methyl sites for hydroxylation is 2. The number of hydrogen-bond acceptors (Lipinski definition) is 3. The highest BCUT2D eigenvalue weighted by Gasteiger charge is 2.26. The monoisotopic (exact) mass is 430 g/mol. The molecule has 1 N–H and O–H groups in total. The molecular formula is C24H31ClN2O3. The zero-order chi connectivity index (χ0) is 22.1. The van der Waals surface area contributed by atoms with Gasteiger partial charge in [0.25, 0.3) is 5.91 Å². The number of nitrogens with zero attached hydrogens (tertiary/aromatic N) is 1. The van der Waals surface area contributed by atoms with Crippen molar-refractivity contribution >= 4 is 23.4 Å². The molecule has 0 fully saturated rings. The maximum absolute atomic E-state index is 13.1. The van der Waals surface area contributed by atoms with Gasteiger partial charge in [0, 0.05) is 18.1 Å². The van der Waals surface area contributed by atoms with E-state index in [-0.39, 0.29) is 25.0 Å². The first-order valence-electron chi connectivity index (χ1n) is 10.3. The molecule has 2 rings (SSSR count). The smallest absolute Gasteiger partial charge is 0.261 e. The van der Waals surface area contributed by atoms with Gasteiger partial charge < -0.3 is 15.0 Å². The number of unbranched alkanes of at least 4 members (excludes halogenated alkanes) is 1. The van der Waals surface area contributed by atoms with E-state index < -0.39 is 6.04 Å². The molecule has 6 heteroatoms. The number of hydrogen-bond donors (Lipinski definition) is 1. The third-order valence-electron chi connectivity index (χ3n) is 4.93. The quantitative estimate of drug-likeness (QED) is 0.557. The predicted octanol–water partition coefficient (Wildman–Crippen LogP) is 4.67. The minimum Gasteiger partial charge on any atom is -0.483 e. The molecule has 0 aromatic heterocycles. The molecule has 0 saturated heterocycles. The molecule has 0 bridgehead atoms. The average Bonchev–Trinajstić information content (AvgIpc) is 2.72. The van der Waals surface area contributed by atoms with Gasteiger partial charge >= 0.3 is 0 Å². The molecule has 2 amide bonds. The zero-order valence-corrected chi connectivity index (χ0v) is 19.0.